The highest BCUT2D eigenvalue weighted by atomic mass is 127. The van der Waals surface area contributed by atoms with E-state index in [0.29, 0.717) is 12.6 Å². The normalized spacial score (nSPS) is 19.9. The summed E-state index contributed by atoms with van der Waals surface area (Å²) in [5.74, 6) is 3.29. The van der Waals surface area contributed by atoms with Crippen LogP contribution < -0.4 is 20.1 Å². The standard InChI is InChI=1S/C16H25N3O2.HI/c1-12-10-15(12)19-16(17-2)18-8-5-9-21-14-7-4-6-13(11-14)20-3;/h4,6-7,11-12,15H,5,8-10H2,1-3H3,(H2,17,18,19);1H. The maximum atomic E-state index is 5.69. The Morgan fingerprint density at radius 2 is 2.09 bits per heavy atom. The van der Waals surface area contributed by atoms with Crippen molar-refractivity contribution in [3.05, 3.63) is 24.3 Å². The number of halogens is 1. The van der Waals surface area contributed by atoms with Gasteiger partial charge in [0.05, 0.1) is 13.7 Å². The number of benzene rings is 1. The minimum Gasteiger partial charge on any atom is -0.497 e. The van der Waals surface area contributed by atoms with E-state index >= 15 is 0 Å². The summed E-state index contributed by atoms with van der Waals surface area (Å²) in [6, 6.07) is 8.25. The van der Waals surface area contributed by atoms with Crippen LogP contribution in [-0.2, 0) is 0 Å². The molecule has 0 heterocycles. The highest BCUT2D eigenvalue weighted by Crippen LogP contribution is 2.28. The van der Waals surface area contributed by atoms with Crippen LogP contribution in [0.15, 0.2) is 29.3 Å². The molecule has 1 aliphatic rings. The summed E-state index contributed by atoms with van der Waals surface area (Å²) < 4.78 is 10.9. The number of aliphatic imine (C=N–C) groups is 1. The van der Waals surface area contributed by atoms with Gasteiger partial charge in [-0.2, -0.15) is 0 Å². The van der Waals surface area contributed by atoms with Crippen molar-refractivity contribution in [3.8, 4) is 11.5 Å². The van der Waals surface area contributed by atoms with Gasteiger partial charge in [0.2, 0.25) is 0 Å². The van der Waals surface area contributed by atoms with E-state index in [1.807, 2.05) is 24.3 Å². The minimum atomic E-state index is 0. The van der Waals surface area contributed by atoms with Crippen molar-refractivity contribution in [2.24, 2.45) is 10.9 Å². The molecule has 1 aliphatic carbocycles. The Morgan fingerprint density at radius 3 is 2.73 bits per heavy atom. The van der Waals surface area contributed by atoms with Crippen LogP contribution in [0.25, 0.3) is 0 Å². The van der Waals surface area contributed by atoms with Gasteiger partial charge < -0.3 is 20.1 Å². The SMILES string of the molecule is CN=C(NCCCOc1cccc(OC)c1)NC1CC1C.I. The lowest BCUT2D eigenvalue weighted by Gasteiger charge is -2.12. The molecule has 2 N–H and O–H groups in total. The third kappa shape index (κ3) is 6.29. The Bertz CT molecular complexity index is 482. The molecule has 2 unspecified atom stereocenters. The van der Waals surface area contributed by atoms with E-state index in [1.165, 1.54) is 6.42 Å². The second-order valence-corrected chi connectivity index (χ2v) is 5.34. The molecule has 1 aromatic rings. The summed E-state index contributed by atoms with van der Waals surface area (Å²) in [4.78, 5) is 4.22. The molecule has 0 radical (unpaired) electrons. The summed E-state index contributed by atoms with van der Waals surface area (Å²) in [5.41, 5.74) is 0. The van der Waals surface area contributed by atoms with Crippen molar-refractivity contribution in [1.29, 1.82) is 0 Å². The number of hydrogen-bond donors (Lipinski definition) is 2. The highest BCUT2D eigenvalue weighted by molar-refractivity contribution is 14.0. The first-order valence-corrected chi connectivity index (χ1v) is 7.47. The Labute approximate surface area is 149 Å². The van der Waals surface area contributed by atoms with Crippen LogP contribution in [0, 0.1) is 5.92 Å². The monoisotopic (exact) mass is 419 g/mol. The van der Waals surface area contributed by atoms with Crippen LogP contribution in [0.1, 0.15) is 19.8 Å². The van der Waals surface area contributed by atoms with Crippen LogP contribution in [-0.4, -0.2) is 39.3 Å². The summed E-state index contributed by atoms with van der Waals surface area (Å²) in [5, 5.41) is 6.70. The van der Waals surface area contributed by atoms with E-state index in [2.05, 4.69) is 22.5 Å². The van der Waals surface area contributed by atoms with E-state index < -0.39 is 0 Å². The van der Waals surface area contributed by atoms with E-state index in [-0.39, 0.29) is 24.0 Å². The van der Waals surface area contributed by atoms with Gasteiger partial charge in [-0.15, -0.1) is 24.0 Å². The summed E-state index contributed by atoms with van der Waals surface area (Å²) >= 11 is 0. The Kier molecular flexibility index (Phi) is 8.37. The molecule has 1 saturated carbocycles. The van der Waals surface area contributed by atoms with Gasteiger partial charge >= 0.3 is 0 Å². The van der Waals surface area contributed by atoms with Gasteiger partial charge in [0.1, 0.15) is 11.5 Å². The third-order valence-corrected chi connectivity index (χ3v) is 3.58. The molecule has 2 atom stereocenters. The first-order chi connectivity index (χ1) is 10.2. The molecule has 0 amide bonds. The Hall–Kier alpha value is -1.18. The average molecular weight is 419 g/mol. The maximum absolute atomic E-state index is 5.69. The smallest absolute Gasteiger partial charge is 0.191 e. The van der Waals surface area contributed by atoms with Crippen molar-refractivity contribution in [2.45, 2.75) is 25.8 Å². The van der Waals surface area contributed by atoms with Crippen LogP contribution in [0.5, 0.6) is 11.5 Å². The van der Waals surface area contributed by atoms with Gasteiger partial charge in [-0.3, -0.25) is 4.99 Å². The molecule has 0 saturated heterocycles. The van der Waals surface area contributed by atoms with Crippen molar-refractivity contribution in [2.75, 3.05) is 27.3 Å². The fourth-order valence-corrected chi connectivity index (χ4v) is 2.05. The van der Waals surface area contributed by atoms with Gasteiger partial charge in [0.15, 0.2) is 5.96 Å². The van der Waals surface area contributed by atoms with Crippen molar-refractivity contribution >= 4 is 29.9 Å². The summed E-state index contributed by atoms with van der Waals surface area (Å²) in [6.45, 7) is 3.74. The quantitative estimate of drug-likeness (QED) is 0.309. The maximum Gasteiger partial charge on any atom is 0.191 e. The molecule has 0 aromatic heterocycles. The lowest BCUT2D eigenvalue weighted by molar-refractivity contribution is 0.308. The molecular formula is C16H26IN3O2. The van der Waals surface area contributed by atoms with Gasteiger partial charge in [-0.1, -0.05) is 13.0 Å². The fraction of sp³-hybridized carbons (Fsp3) is 0.562. The van der Waals surface area contributed by atoms with Crippen LogP contribution >= 0.6 is 24.0 Å². The molecule has 0 aliphatic heterocycles. The van der Waals surface area contributed by atoms with Crippen LogP contribution in [0.3, 0.4) is 0 Å². The molecule has 0 spiro atoms. The Morgan fingerprint density at radius 1 is 1.36 bits per heavy atom. The van der Waals surface area contributed by atoms with Crippen LogP contribution in [0.4, 0.5) is 0 Å². The van der Waals surface area contributed by atoms with E-state index in [4.69, 9.17) is 9.47 Å². The van der Waals surface area contributed by atoms with Crippen molar-refractivity contribution < 1.29 is 9.47 Å². The first-order valence-electron chi connectivity index (χ1n) is 7.47. The lowest BCUT2D eigenvalue weighted by Crippen LogP contribution is -2.39. The van der Waals surface area contributed by atoms with Crippen LogP contribution in [0.2, 0.25) is 0 Å². The van der Waals surface area contributed by atoms with E-state index in [0.717, 1.165) is 36.3 Å². The number of nitrogens with one attached hydrogen (secondary N) is 2. The van der Waals surface area contributed by atoms with Gasteiger partial charge in [0, 0.05) is 25.7 Å². The molecule has 2 rings (SSSR count). The Balaban J connectivity index is 0.00000242. The molecule has 22 heavy (non-hydrogen) atoms. The minimum absolute atomic E-state index is 0. The number of guanidine groups is 1. The van der Waals surface area contributed by atoms with E-state index in [9.17, 15) is 0 Å². The molecule has 5 nitrogen and oxygen atoms in total. The number of rotatable bonds is 7. The molecule has 0 bridgehead atoms. The highest BCUT2D eigenvalue weighted by Gasteiger charge is 2.33. The number of nitrogens with zero attached hydrogens (tertiary/aromatic N) is 1. The molecule has 1 aromatic carbocycles. The van der Waals surface area contributed by atoms with Gasteiger partial charge in [0.25, 0.3) is 0 Å². The number of ether oxygens (including phenoxy) is 2. The zero-order chi connectivity index (χ0) is 15.1. The van der Waals surface area contributed by atoms with Crippen molar-refractivity contribution in [1.82, 2.24) is 10.6 Å². The molecule has 124 valence electrons. The third-order valence-electron chi connectivity index (χ3n) is 3.58. The van der Waals surface area contributed by atoms with E-state index in [1.54, 1.807) is 14.2 Å². The second-order valence-electron chi connectivity index (χ2n) is 5.34. The average Bonchev–Trinajstić information content (AvgIpc) is 3.21. The second kappa shape index (κ2) is 9.76. The predicted octanol–water partition coefficient (Wildman–Crippen LogP) is 2.66. The molecule has 1 fully saturated rings. The number of hydrogen-bond acceptors (Lipinski definition) is 3. The topological polar surface area (TPSA) is 54.9 Å². The predicted molar refractivity (Wildman–Crippen MR) is 101 cm³/mol. The largest absolute Gasteiger partial charge is 0.497 e. The first kappa shape index (κ1) is 18.9. The summed E-state index contributed by atoms with van der Waals surface area (Å²) in [6.07, 6.45) is 2.15. The molecular weight excluding hydrogens is 393 g/mol. The van der Waals surface area contributed by atoms with Gasteiger partial charge in [-0.25, -0.2) is 0 Å². The summed E-state index contributed by atoms with van der Waals surface area (Å²) in [7, 11) is 3.46. The zero-order valence-corrected chi connectivity index (χ0v) is 15.8. The van der Waals surface area contributed by atoms with Gasteiger partial charge in [-0.05, 0) is 30.9 Å². The lowest BCUT2D eigenvalue weighted by atomic mass is 10.3. The number of methoxy groups -OCH3 is 1. The fourth-order valence-electron chi connectivity index (χ4n) is 2.05. The zero-order valence-electron chi connectivity index (χ0n) is 13.5. The molecule has 6 heteroatoms. The van der Waals surface area contributed by atoms with Crippen molar-refractivity contribution in [3.63, 3.8) is 0 Å².